The molecule has 0 spiro atoms. The second kappa shape index (κ2) is 6.08. The van der Waals surface area contributed by atoms with Gasteiger partial charge < -0.3 is 10.4 Å². The zero-order valence-electron chi connectivity index (χ0n) is 13.6. The van der Waals surface area contributed by atoms with Crippen molar-refractivity contribution in [3.8, 4) is 0 Å². The Morgan fingerprint density at radius 1 is 1.20 bits per heavy atom. The average Bonchev–Trinajstić information content (AvgIpc) is 3.07. The van der Waals surface area contributed by atoms with Crippen LogP contribution in [0.4, 0.5) is 5.69 Å². The van der Waals surface area contributed by atoms with Gasteiger partial charge in [0.2, 0.25) is 0 Å². The minimum Gasteiger partial charge on any atom is -0.478 e. The predicted molar refractivity (Wildman–Crippen MR) is 101 cm³/mol. The van der Waals surface area contributed by atoms with E-state index in [1.165, 1.54) is 0 Å². The van der Waals surface area contributed by atoms with Gasteiger partial charge in [0.1, 0.15) is 0 Å². The first-order chi connectivity index (χ1) is 12.0. The Bertz CT molecular complexity index is 907. The standard InChI is InChI=1S/C20H17Cl2NO2/c1-10-11(20(24)25)8-9-14-12-4-2-5-13(12)19(23-18(10)14)15-6-3-7-16(21)17(15)22/h2-4,6-9,12-13,19,23H,5H2,1H3,(H,24,25)/t12-,13+,19-/m0/s1. The Morgan fingerprint density at radius 2 is 2.00 bits per heavy atom. The summed E-state index contributed by atoms with van der Waals surface area (Å²) in [6.07, 6.45) is 5.36. The quantitative estimate of drug-likeness (QED) is 0.651. The maximum absolute atomic E-state index is 11.5. The fraction of sp³-hybridized carbons (Fsp3) is 0.250. The van der Waals surface area contributed by atoms with E-state index in [4.69, 9.17) is 23.2 Å². The maximum atomic E-state index is 11.5. The fourth-order valence-corrected chi connectivity index (χ4v) is 4.54. The predicted octanol–water partition coefficient (Wildman–Crippen LogP) is 5.83. The zero-order valence-corrected chi connectivity index (χ0v) is 15.1. The highest BCUT2D eigenvalue weighted by Gasteiger charge is 2.39. The Hall–Kier alpha value is -1.97. The van der Waals surface area contributed by atoms with Crippen LogP contribution >= 0.6 is 23.2 Å². The van der Waals surface area contributed by atoms with E-state index in [0.29, 0.717) is 21.5 Å². The topological polar surface area (TPSA) is 49.3 Å². The van der Waals surface area contributed by atoms with Gasteiger partial charge in [-0.15, -0.1) is 0 Å². The van der Waals surface area contributed by atoms with E-state index < -0.39 is 5.97 Å². The number of anilines is 1. The highest BCUT2D eigenvalue weighted by atomic mass is 35.5. The second-order valence-electron chi connectivity index (χ2n) is 6.63. The van der Waals surface area contributed by atoms with Gasteiger partial charge in [-0.3, -0.25) is 0 Å². The van der Waals surface area contributed by atoms with Crippen molar-refractivity contribution in [3.63, 3.8) is 0 Å². The van der Waals surface area contributed by atoms with Crippen LogP contribution in [0.15, 0.2) is 42.5 Å². The van der Waals surface area contributed by atoms with E-state index in [-0.39, 0.29) is 12.0 Å². The van der Waals surface area contributed by atoms with Crippen molar-refractivity contribution in [1.29, 1.82) is 0 Å². The number of benzene rings is 2. The lowest BCUT2D eigenvalue weighted by Crippen LogP contribution is -2.30. The highest BCUT2D eigenvalue weighted by Crippen LogP contribution is 2.52. The SMILES string of the molecule is Cc1c(C(=O)O)ccc2c1N[C@H](c1cccc(Cl)c1Cl)[C@@H]1CC=C[C@H]21. The van der Waals surface area contributed by atoms with Crippen LogP contribution in [0.3, 0.4) is 0 Å². The molecule has 0 unspecified atom stereocenters. The molecule has 3 atom stereocenters. The molecule has 128 valence electrons. The molecule has 2 aliphatic rings. The number of nitrogens with one attached hydrogen (secondary N) is 1. The fourth-order valence-electron chi connectivity index (χ4n) is 4.11. The maximum Gasteiger partial charge on any atom is 0.336 e. The van der Waals surface area contributed by atoms with Crippen molar-refractivity contribution in [2.45, 2.75) is 25.3 Å². The van der Waals surface area contributed by atoms with Crippen molar-refractivity contribution < 1.29 is 9.90 Å². The summed E-state index contributed by atoms with van der Waals surface area (Å²) in [5, 5.41) is 14.1. The monoisotopic (exact) mass is 373 g/mol. The lowest BCUT2D eigenvalue weighted by Gasteiger charge is -2.39. The molecular weight excluding hydrogens is 357 g/mol. The van der Waals surface area contributed by atoms with Gasteiger partial charge in [0.05, 0.1) is 21.7 Å². The largest absolute Gasteiger partial charge is 0.478 e. The van der Waals surface area contributed by atoms with E-state index in [9.17, 15) is 9.90 Å². The molecule has 0 radical (unpaired) electrons. The van der Waals surface area contributed by atoms with Crippen LogP contribution in [-0.4, -0.2) is 11.1 Å². The number of hydrogen-bond donors (Lipinski definition) is 2. The lowest BCUT2D eigenvalue weighted by atomic mass is 9.76. The lowest BCUT2D eigenvalue weighted by molar-refractivity contribution is 0.0696. The van der Waals surface area contributed by atoms with E-state index >= 15 is 0 Å². The van der Waals surface area contributed by atoms with Gasteiger partial charge in [0.25, 0.3) is 0 Å². The summed E-state index contributed by atoms with van der Waals surface area (Å²) in [7, 11) is 0. The van der Waals surface area contributed by atoms with Crippen LogP contribution in [-0.2, 0) is 0 Å². The van der Waals surface area contributed by atoms with Crippen molar-refractivity contribution in [2.24, 2.45) is 5.92 Å². The number of aromatic carboxylic acids is 1. The van der Waals surface area contributed by atoms with Crippen molar-refractivity contribution in [1.82, 2.24) is 0 Å². The molecule has 1 aliphatic heterocycles. The summed E-state index contributed by atoms with van der Waals surface area (Å²) in [5.74, 6) is -0.333. The summed E-state index contributed by atoms with van der Waals surface area (Å²) >= 11 is 12.7. The molecule has 3 nitrogen and oxygen atoms in total. The van der Waals surface area contributed by atoms with E-state index in [1.807, 2.05) is 25.1 Å². The average molecular weight is 374 g/mol. The molecule has 0 saturated carbocycles. The van der Waals surface area contributed by atoms with Crippen LogP contribution in [0.1, 0.15) is 45.4 Å². The third-order valence-corrected chi connectivity index (χ3v) is 6.18. The molecule has 0 saturated heterocycles. The third-order valence-electron chi connectivity index (χ3n) is 5.34. The van der Waals surface area contributed by atoms with Crippen LogP contribution in [0.2, 0.25) is 10.0 Å². The number of halogens is 2. The number of hydrogen-bond acceptors (Lipinski definition) is 2. The number of carboxylic acids is 1. The molecule has 2 aromatic rings. The summed E-state index contributed by atoms with van der Waals surface area (Å²) < 4.78 is 0. The van der Waals surface area contributed by atoms with Crippen LogP contribution in [0, 0.1) is 12.8 Å². The van der Waals surface area contributed by atoms with Crippen molar-refractivity contribution in [3.05, 3.63) is 74.8 Å². The summed E-state index contributed by atoms with van der Waals surface area (Å²) in [6.45, 7) is 1.85. The number of fused-ring (bicyclic) bond motifs is 3. The molecule has 0 bridgehead atoms. The second-order valence-corrected chi connectivity index (χ2v) is 7.41. The molecular formula is C20H17Cl2NO2. The molecule has 4 rings (SSSR count). The zero-order chi connectivity index (χ0) is 17.7. The third kappa shape index (κ3) is 2.54. The van der Waals surface area contributed by atoms with Gasteiger partial charge in [0.15, 0.2) is 0 Å². The Balaban J connectivity index is 1.87. The van der Waals surface area contributed by atoms with E-state index in [0.717, 1.165) is 28.8 Å². The number of rotatable bonds is 2. The normalized spacial score (nSPS) is 23.7. The minimum absolute atomic E-state index is 0.0126. The molecule has 0 fully saturated rings. The van der Waals surface area contributed by atoms with E-state index in [2.05, 4.69) is 17.5 Å². The molecule has 1 aliphatic carbocycles. The summed E-state index contributed by atoms with van der Waals surface area (Å²) in [5.41, 5.74) is 4.08. The van der Waals surface area contributed by atoms with Crippen LogP contribution < -0.4 is 5.32 Å². The Kier molecular flexibility index (Phi) is 4.01. The molecule has 0 aromatic heterocycles. The van der Waals surface area contributed by atoms with Crippen molar-refractivity contribution >= 4 is 34.9 Å². The molecule has 0 amide bonds. The molecule has 2 N–H and O–H groups in total. The van der Waals surface area contributed by atoms with Gasteiger partial charge in [-0.1, -0.05) is 53.6 Å². The Morgan fingerprint density at radius 3 is 2.76 bits per heavy atom. The first-order valence-corrected chi connectivity index (χ1v) is 8.98. The molecule has 2 aromatic carbocycles. The van der Waals surface area contributed by atoms with Crippen LogP contribution in [0.5, 0.6) is 0 Å². The van der Waals surface area contributed by atoms with Gasteiger partial charge >= 0.3 is 5.97 Å². The first-order valence-electron chi connectivity index (χ1n) is 8.23. The highest BCUT2D eigenvalue weighted by molar-refractivity contribution is 6.42. The van der Waals surface area contributed by atoms with Gasteiger partial charge in [-0.2, -0.15) is 0 Å². The first kappa shape index (κ1) is 16.5. The molecule has 5 heteroatoms. The minimum atomic E-state index is -0.913. The van der Waals surface area contributed by atoms with Crippen LogP contribution in [0.25, 0.3) is 0 Å². The number of allylic oxidation sites excluding steroid dienone is 2. The summed E-state index contributed by atoms with van der Waals surface area (Å²) in [4.78, 5) is 11.5. The van der Waals surface area contributed by atoms with Gasteiger partial charge in [-0.05, 0) is 48.1 Å². The number of carboxylic acid groups (broad SMARTS) is 1. The van der Waals surface area contributed by atoms with E-state index in [1.54, 1.807) is 12.1 Å². The number of carbonyl (C=O) groups is 1. The molecule has 1 heterocycles. The van der Waals surface area contributed by atoms with Crippen molar-refractivity contribution in [2.75, 3.05) is 5.32 Å². The Labute approximate surface area is 156 Å². The smallest absolute Gasteiger partial charge is 0.336 e. The van der Waals surface area contributed by atoms with Gasteiger partial charge in [-0.25, -0.2) is 4.79 Å². The molecule has 25 heavy (non-hydrogen) atoms. The van der Waals surface area contributed by atoms with Gasteiger partial charge in [0, 0.05) is 11.6 Å². The summed E-state index contributed by atoms with van der Waals surface area (Å²) in [6, 6.07) is 9.29.